The van der Waals surface area contributed by atoms with E-state index in [2.05, 4.69) is 6.58 Å². The lowest BCUT2D eigenvalue weighted by Gasteiger charge is -2.27. The maximum atomic E-state index is 13.1. The maximum Gasteiger partial charge on any atom is 0.266 e. The minimum absolute atomic E-state index is 0.0432. The highest BCUT2D eigenvalue weighted by atomic mass is 32.1. The second-order valence-electron chi connectivity index (χ2n) is 6.08. The molecule has 0 saturated carbocycles. The van der Waals surface area contributed by atoms with Crippen LogP contribution in [-0.4, -0.2) is 28.9 Å². The van der Waals surface area contributed by atoms with Gasteiger partial charge in [0.1, 0.15) is 4.88 Å². The van der Waals surface area contributed by atoms with E-state index < -0.39 is 0 Å². The number of aromatic nitrogens is 1. The van der Waals surface area contributed by atoms with Crippen LogP contribution in [0.5, 0.6) is 0 Å². The molecular weight excluding hydrogens is 332 g/mol. The van der Waals surface area contributed by atoms with Crippen molar-refractivity contribution in [3.8, 4) is 22.0 Å². The van der Waals surface area contributed by atoms with Crippen molar-refractivity contribution in [2.24, 2.45) is 0 Å². The third-order valence-corrected chi connectivity index (χ3v) is 5.42. The lowest BCUT2D eigenvalue weighted by atomic mass is 10.1. The third kappa shape index (κ3) is 3.15. The second-order valence-corrected chi connectivity index (χ2v) is 7.08. The SMILES string of the molecule is C=C1CCN(C(=O)c2sc(-c3ccco3)nc2-c2ccccc2)CC1. The van der Waals surface area contributed by atoms with Gasteiger partial charge in [-0.2, -0.15) is 0 Å². The van der Waals surface area contributed by atoms with Gasteiger partial charge in [-0.15, -0.1) is 11.3 Å². The monoisotopic (exact) mass is 350 g/mol. The fourth-order valence-electron chi connectivity index (χ4n) is 2.93. The van der Waals surface area contributed by atoms with E-state index in [0.29, 0.717) is 10.6 Å². The van der Waals surface area contributed by atoms with Crippen molar-refractivity contribution in [1.82, 2.24) is 9.88 Å². The minimum atomic E-state index is 0.0432. The van der Waals surface area contributed by atoms with Gasteiger partial charge in [-0.1, -0.05) is 42.5 Å². The molecular formula is C20H18N2O2S. The molecule has 0 spiro atoms. The molecule has 0 radical (unpaired) electrons. The molecule has 0 aliphatic carbocycles. The molecule has 0 bridgehead atoms. The summed E-state index contributed by atoms with van der Waals surface area (Å²) in [4.78, 5) is 20.4. The molecule has 0 N–H and O–H groups in total. The lowest BCUT2D eigenvalue weighted by molar-refractivity contribution is 0.0749. The summed E-state index contributed by atoms with van der Waals surface area (Å²) in [7, 11) is 0. The van der Waals surface area contributed by atoms with Gasteiger partial charge in [0.2, 0.25) is 0 Å². The molecule has 4 nitrogen and oxygen atoms in total. The van der Waals surface area contributed by atoms with Crippen LogP contribution in [0.4, 0.5) is 0 Å². The summed E-state index contributed by atoms with van der Waals surface area (Å²) in [6.07, 6.45) is 3.36. The minimum Gasteiger partial charge on any atom is -0.462 e. The number of benzene rings is 1. The number of rotatable bonds is 3. The first-order valence-electron chi connectivity index (χ1n) is 8.28. The molecule has 2 aromatic heterocycles. The van der Waals surface area contributed by atoms with Gasteiger partial charge in [-0.05, 0) is 25.0 Å². The zero-order valence-electron chi connectivity index (χ0n) is 13.8. The van der Waals surface area contributed by atoms with Crippen molar-refractivity contribution in [3.63, 3.8) is 0 Å². The van der Waals surface area contributed by atoms with Crippen molar-refractivity contribution in [1.29, 1.82) is 0 Å². The number of thiazole rings is 1. The number of nitrogens with zero attached hydrogens (tertiary/aromatic N) is 2. The van der Waals surface area contributed by atoms with Crippen molar-refractivity contribution in [2.75, 3.05) is 13.1 Å². The molecule has 0 unspecified atom stereocenters. The number of amides is 1. The van der Waals surface area contributed by atoms with Gasteiger partial charge in [0, 0.05) is 18.7 Å². The Labute approximate surface area is 150 Å². The third-order valence-electron chi connectivity index (χ3n) is 4.36. The fourth-order valence-corrected chi connectivity index (χ4v) is 3.96. The molecule has 126 valence electrons. The molecule has 4 rings (SSSR count). The van der Waals surface area contributed by atoms with E-state index in [1.807, 2.05) is 47.4 Å². The molecule has 1 saturated heterocycles. The van der Waals surface area contributed by atoms with Crippen LogP contribution in [0.25, 0.3) is 22.0 Å². The molecule has 25 heavy (non-hydrogen) atoms. The highest BCUT2D eigenvalue weighted by Crippen LogP contribution is 2.35. The van der Waals surface area contributed by atoms with Crippen LogP contribution in [0.3, 0.4) is 0 Å². The Morgan fingerprint density at radius 1 is 1.12 bits per heavy atom. The Kier molecular flexibility index (Phi) is 4.24. The number of carbonyl (C=O) groups excluding carboxylic acids is 1. The van der Waals surface area contributed by atoms with Crippen LogP contribution in [-0.2, 0) is 0 Å². The van der Waals surface area contributed by atoms with Gasteiger partial charge in [-0.25, -0.2) is 4.98 Å². The van der Waals surface area contributed by atoms with Crippen molar-refractivity contribution in [2.45, 2.75) is 12.8 Å². The van der Waals surface area contributed by atoms with Gasteiger partial charge in [-0.3, -0.25) is 4.79 Å². The predicted molar refractivity (Wildman–Crippen MR) is 99.5 cm³/mol. The van der Waals surface area contributed by atoms with E-state index in [4.69, 9.17) is 9.40 Å². The highest BCUT2D eigenvalue weighted by Gasteiger charge is 2.26. The first-order chi connectivity index (χ1) is 12.2. The molecule has 1 aliphatic heterocycles. The quantitative estimate of drug-likeness (QED) is 0.634. The summed E-state index contributed by atoms with van der Waals surface area (Å²) < 4.78 is 5.47. The van der Waals surface area contributed by atoms with E-state index in [1.165, 1.54) is 16.9 Å². The largest absolute Gasteiger partial charge is 0.462 e. The zero-order chi connectivity index (χ0) is 17.2. The Hall–Kier alpha value is -2.66. The molecule has 1 fully saturated rings. The number of carbonyl (C=O) groups is 1. The number of likely N-dealkylation sites (tertiary alicyclic amines) is 1. The lowest BCUT2D eigenvalue weighted by Crippen LogP contribution is -2.36. The number of hydrogen-bond donors (Lipinski definition) is 0. The highest BCUT2D eigenvalue weighted by molar-refractivity contribution is 7.17. The standard InChI is InChI=1S/C20H18N2O2S/c1-14-9-11-22(12-10-14)20(23)18-17(15-6-3-2-4-7-15)21-19(25-18)16-8-5-13-24-16/h2-8,13H,1,9-12H2. The number of hydrogen-bond acceptors (Lipinski definition) is 4. The van der Waals surface area contributed by atoms with E-state index in [0.717, 1.165) is 42.2 Å². The van der Waals surface area contributed by atoms with Crippen molar-refractivity contribution < 1.29 is 9.21 Å². The summed E-state index contributed by atoms with van der Waals surface area (Å²) in [6.45, 7) is 5.47. The van der Waals surface area contributed by atoms with Crippen LogP contribution in [0.2, 0.25) is 0 Å². The fraction of sp³-hybridized carbons (Fsp3) is 0.200. The summed E-state index contributed by atoms with van der Waals surface area (Å²) in [5, 5.41) is 0.730. The van der Waals surface area contributed by atoms with Gasteiger partial charge >= 0.3 is 0 Å². The van der Waals surface area contributed by atoms with Crippen LogP contribution in [0, 0.1) is 0 Å². The van der Waals surface area contributed by atoms with Gasteiger partial charge in [0.05, 0.1) is 12.0 Å². The smallest absolute Gasteiger partial charge is 0.266 e. The molecule has 3 aromatic rings. The van der Waals surface area contributed by atoms with Crippen LogP contribution in [0.1, 0.15) is 22.5 Å². The summed E-state index contributed by atoms with van der Waals surface area (Å²) >= 11 is 1.40. The Balaban J connectivity index is 1.75. The zero-order valence-corrected chi connectivity index (χ0v) is 14.6. The van der Waals surface area contributed by atoms with E-state index >= 15 is 0 Å². The molecule has 1 aromatic carbocycles. The van der Waals surface area contributed by atoms with E-state index in [-0.39, 0.29) is 5.91 Å². The summed E-state index contributed by atoms with van der Waals surface area (Å²) in [6, 6.07) is 13.5. The first-order valence-corrected chi connectivity index (χ1v) is 9.10. The molecule has 1 aliphatic rings. The normalized spacial score (nSPS) is 14.7. The molecule has 5 heteroatoms. The first kappa shape index (κ1) is 15.8. The Morgan fingerprint density at radius 2 is 1.88 bits per heavy atom. The second kappa shape index (κ2) is 6.69. The van der Waals surface area contributed by atoms with Crippen LogP contribution < -0.4 is 0 Å². The Bertz CT molecular complexity index is 887. The molecule has 1 amide bonds. The number of piperidine rings is 1. The van der Waals surface area contributed by atoms with E-state index in [9.17, 15) is 4.79 Å². The van der Waals surface area contributed by atoms with Crippen molar-refractivity contribution in [3.05, 3.63) is 65.8 Å². The Morgan fingerprint density at radius 3 is 2.56 bits per heavy atom. The summed E-state index contributed by atoms with van der Waals surface area (Å²) in [5.74, 6) is 0.731. The maximum absolute atomic E-state index is 13.1. The average molecular weight is 350 g/mol. The molecule has 3 heterocycles. The number of furan rings is 1. The predicted octanol–water partition coefficient (Wildman–Crippen LogP) is 4.86. The summed E-state index contributed by atoms with van der Waals surface area (Å²) in [5.41, 5.74) is 2.89. The van der Waals surface area contributed by atoms with Gasteiger partial charge in [0.15, 0.2) is 10.8 Å². The topological polar surface area (TPSA) is 46.3 Å². The average Bonchev–Trinajstić information content (AvgIpc) is 3.32. The van der Waals surface area contributed by atoms with Crippen molar-refractivity contribution >= 4 is 17.2 Å². The van der Waals surface area contributed by atoms with Crippen LogP contribution >= 0.6 is 11.3 Å². The van der Waals surface area contributed by atoms with Gasteiger partial charge < -0.3 is 9.32 Å². The molecule has 0 atom stereocenters. The van der Waals surface area contributed by atoms with Gasteiger partial charge in [0.25, 0.3) is 5.91 Å². The van der Waals surface area contributed by atoms with Crippen LogP contribution in [0.15, 0.2) is 65.3 Å². The van der Waals surface area contributed by atoms with E-state index in [1.54, 1.807) is 6.26 Å².